The standard InChI is InChI=1S/C19H21N3O3/c1-2-25-17(23)11-10-13-6-5-7-14(12-13)22-19(24)16-9-4-3-8-15(16)18(20)21/h3-9,12H,2,10-11H2,1H3,(H3,20,21)(H,22,24). The average molecular weight is 339 g/mol. The number of amides is 1. The molecule has 0 aliphatic carbocycles. The molecule has 4 N–H and O–H groups in total. The average Bonchev–Trinajstić information content (AvgIpc) is 2.60. The third kappa shape index (κ3) is 5.17. The fourth-order valence-corrected chi connectivity index (χ4v) is 2.40. The summed E-state index contributed by atoms with van der Waals surface area (Å²) in [5.74, 6) is -0.741. The summed E-state index contributed by atoms with van der Waals surface area (Å²) < 4.78 is 4.91. The van der Waals surface area contributed by atoms with Gasteiger partial charge in [-0.25, -0.2) is 0 Å². The molecule has 0 heterocycles. The molecule has 0 radical (unpaired) electrons. The van der Waals surface area contributed by atoms with Crippen molar-refractivity contribution >= 4 is 23.4 Å². The summed E-state index contributed by atoms with van der Waals surface area (Å²) in [6.07, 6.45) is 0.824. The molecule has 6 heteroatoms. The zero-order valence-electron chi connectivity index (χ0n) is 14.0. The number of carbonyl (C=O) groups is 2. The van der Waals surface area contributed by atoms with E-state index in [2.05, 4.69) is 5.32 Å². The van der Waals surface area contributed by atoms with E-state index in [1.54, 1.807) is 37.3 Å². The first kappa shape index (κ1) is 18.2. The van der Waals surface area contributed by atoms with Crippen LogP contribution in [0.5, 0.6) is 0 Å². The number of amidine groups is 1. The van der Waals surface area contributed by atoms with Gasteiger partial charge in [0.25, 0.3) is 5.91 Å². The van der Waals surface area contributed by atoms with Crippen molar-refractivity contribution in [3.8, 4) is 0 Å². The Bertz CT molecular complexity index is 787. The third-order valence-corrected chi connectivity index (χ3v) is 3.57. The predicted octanol–water partition coefficient (Wildman–Crippen LogP) is 2.72. The molecule has 6 nitrogen and oxygen atoms in total. The summed E-state index contributed by atoms with van der Waals surface area (Å²) in [6, 6.07) is 14.0. The van der Waals surface area contributed by atoms with Crippen molar-refractivity contribution in [1.82, 2.24) is 0 Å². The molecule has 0 saturated carbocycles. The van der Waals surface area contributed by atoms with Crippen molar-refractivity contribution in [2.45, 2.75) is 19.8 Å². The van der Waals surface area contributed by atoms with Crippen molar-refractivity contribution in [2.75, 3.05) is 11.9 Å². The van der Waals surface area contributed by atoms with Gasteiger partial charge in [0.15, 0.2) is 0 Å². The zero-order valence-corrected chi connectivity index (χ0v) is 14.0. The van der Waals surface area contributed by atoms with E-state index in [1.165, 1.54) is 0 Å². The molecular formula is C19H21N3O3. The minimum absolute atomic E-state index is 0.158. The monoisotopic (exact) mass is 339 g/mol. The number of rotatable bonds is 7. The molecule has 0 aliphatic rings. The van der Waals surface area contributed by atoms with Crippen LogP contribution in [-0.4, -0.2) is 24.3 Å². The van der Waals surface area contributed by atoms with Gasteiger partial charge in [-0.1, -0.05) is 30.3 Å². The van der Waals surface area contributed by atoms with Gasteiger partial charge in [0.05, 0.1) is 12.2 Å². The van der Waals surface area contributed by atoms with Crippen molar-refractivity contribution in [1.29, 1.82) is 5.41 Å². The molecule has 0 bridgehead atoms. The van der Waals surface area contributed by atoms with Gasteiger partial charge in [0.2, 0.25) is 0 Å². The predicted molar refractivity (Wildman–Crippen MR) is 96.8 cm³/mol. The smallest absolute Gasteiger partial charge is 0.306 e. The van der Waals surface area contributed by atoms with Crippen LogP contribution in [0, 0.1) is 5.41 Å². The molecule has 0 unspecified atom stereocenters. The van der Waals surface area contributed by atoms with Crippen molar-refractivity contribution in [3.05, 3.63) is 65.2 Å². The van der Waals surface area contributed by atoms with E-state index >= 15 is 0 Å². The lowest BCUT2D eigenvalue weighted by atomic mass is 10.1. The number of nitrogens with two attached hydrogens (primary N) is 1. The summed E-state index contributed by atoms with van der Waals surface area (Å²) in [5, 5.41) is 10.4. The number of carbonyl (C=O) groups excluding carboxylic acids is 2. The lowest BCUT2D eigenvalue weighted by Crippen LogP contribution is -2.20. The second-order valence-corrected chi connectivity index (χ2v) is 5.42. The van der Waals surface area contributed by atoms with Crippen LogP contribution in [-0.2, 0) is 16.0 Å². The van der Waals surface area contributed by atoms with Crippen LogP contribution in [0.25, 0.3) is 0 Å². The minimum Gasteiger partial charge on any atom is -0.466 e. The van der Waals surface area contributed by atoms with Gasteiger partial charge in [0.1, 0.15) is 5.84 Å². The number of hydrogen-bond acceptors (Lipinski definition) is 4. The maximum atomic E-state index is 12.5. The van der Waals surface area contributed by atoms with Crippen LogP contribution < -0.4 is 11.1 Å². The summed E-state index contributed by atoms with van der Waals surface area (Å²) in [7, 11) is 0. The van der Waals surface area contributed by atoms with Crippen molar-refractivity contribution in [3.63, 3.8) is 0 Å². The molecule has 0 saturated heterocycles. The number of nitrogens with one attached hydrogen (secondary N) is 2. The highest BCUT2D eigenvalue weighted by molar-refractivity contribution is 6.12. The van der Waals surface area contributed by atoms with Crippen LogP contribution in [0.3, 0.4) is 0 Å². The molecule has 130 valence electrons. The lowest BCUT2D eigenvalue weighted by molar-refractivity contribution is -0.143. The Labute approximate surface area is 146 Å². The first-order valence-corrected chi connectivity index (χ1v) is 8.00. The van der Waals surface area contributed by atoms with E-state index < -0.39 is 0 Å². The first-order chi connectivity index (χ1) is 12.0. The highest BCUT2D eigenvalue weighted by Crippen LogP contribution is 2.15. The number of hydrogen-bond donors (Lipinski definition) is 3. The maximum absolute atomic E-state index is 12.5. The van der Waals surface area contributed by atoms with Crippen LogP contribution in [0.2, 0.25) is 0 Å². The second kappa shape index (κ2) is 8.63. The highest BCUT2D eigenvalue weighted by atomic mass is 16.5. The van der Waals surface area contributed by atoms with E-state index in [9.17, 15) is 9.59 Å². The van der Waals surface area contributed by atoms with Crippen molar-refractivity contribution in [2.24, 2.45) is 5.73 Å². The fraction of sp³-hybridized carbons (Fsp3) is 0.211. The number of aryl methyl sites for hydroxylation is 1. The summed E-state index contributed by atoms with van der Waals surface area (Å²) >= 11 is 0. The maximum Gasteiger partial charge on any atom is 0.306 e. The van der Waals surface area contributed by atoms with Gasteiger partial charge in [0, 0.05) is 17.7 Å². The molecule has 0 aliphatic heterocycles. The topological polar surface area (TPSA) is 105 Å². The van der Waals surface area contributed by atoms with E-state index in [-0.39, 0.29) is 17.7 Å². The Kier molecular flexibility index (Phi) is 6.28. The highest BCUT2D eigenvalue weighted by Gasteiger charge is 2.13. The quantitative estimate of drug-likeness (QED) is 0.410. The largest absolute Gasteiger partial charge is 0.466 e. The van der Waals surface area contributed by atoms with E-state index in [0.717, 1.165) is 5.56 Å². The normalized spacial score (nSPS) is 10.1. The summed E-state index contributed by atoms with van der Waals surface area (Å²) in [6.45, 7) is 2.14. The fourth-order valence-electron chi connectivity index (χ4n) is 2.40. The number of anilines is 1. The molecule has 2 aromatic rings. The summed E-state index contributed by atoms with van der Waals surface area (Å²) in [5.41, 5.74) is 7.79. The lowest BCUT2D eigenvalue weighted by Gasteiger charge is -2.10. The SMILES string of the molecule is CCOC(=O)CCc1cccc(NC(=O)c2ccccc2C(=N)N)c1. The Balaban J connectivity index is 2.08. The first-order valence-electron chi connectivity index (χ1n) is 8.00. The molecule has 2 aromatic carbocycles. The van der Waals surface area contributed by atoms with Gasteiger partial charge in [-0.05, 0) is 37.1 Å². The molecule has 0 atom stereocenters. The van der Waals surface area contributed by atoms with E-state index in [1.807, 2.05) is 18.2 Å². The number of ether oxygens (including phenoxy) is 1. The van der Waals surface area contributed by atoms with E-state index in [4.69, 9.17) is 15.9 Å². The van der Waals surface area contributed by atoms with Crippen LogP contribution in [0.4, 0.5) is 5.69 Å². The molecule has 1 amide bonds. The number of esters is 1. The second-order valence-electron chi connectivity index (χ2n) is 5.42. The Hall–Kier alpha value is -3.15. The Morgan fingerprint density at radius 3 is 2.52 bits per heavy atom. The number of nitrogen functional groups attached to an aromatic ring is 1. The van der Waals surface area contributed by atoms with Crippen LogP contribution in [0.15, 0.2) is 48.5 Å². The Morgan fingerprint density at radius 2 is 1.84 bits per heavy atom. The van der Waals surface area contributed by atoms with Crippen molar-refractivity contribution < 1.29 is 14.3 Å². The van der Waals surface area contributed by atoms with E-state index in [0.29, 0.717) is 36.3 Å². The van der Waals surface area contributed by atoms with Gasteiger partial charge in [-0.2, -0.15) is 0 Å². The van der Waals surface area contributed by atoms with Gasteiger partial charge < -0.3 is 15.8 Å². The molecule has 0 aromatic heterocycles. The zero-order chi connectivity index (χ0) is 18.2. The number of benzene rings is 2. The summed E-state index contributed by atoms with van der Waals surface area (Å²) in [4.78, 5) is 23.9. The minimum atomic E-state index is -0.339. The Morgan fingerprint density at radius 1 is 1.12 bits per heavy atom. The molecular weight excluding hydrogens is 318 g/mol. The molecule has 25 heavy (non-hydrogen) atoms. The van der Waals surface area contributed by atoms with Crippen LogP contribution >= 0.6 is 0 Å². The van der Waals surface area contributed by atoms with Gasteiger partial charge >= 0.3 is 5.97 Å². The van der Waals surface area contributed by atoms with Gasteiger partial charge in [-0.15, -0.1) is 0 Å². The third-order valence-electron chi connectivity index (χ3n) is 3.57. The molecule has 2 rings (SSSR count). The van der Waals surface area contributed by atoms with Gasteiger partial charge in [-0.3, -0.25) is 15.0 Å². The van der Waals surface area contributed by atoms with Crippen LogP contribution in [0.1, 0.15) is 34.8 Å². The molecule has 0 spiro atoms. The molecule has 0 fully saturated rings.